The van der Waals surface area contributed by atoms with Gasteiger partial charge in [0.25, 0.3) is 0 Å². The molecule has 0 N–H and O–H groups in total. The minimum absolute atomic E-state index is 0.0585. The maximum atomic E-state index is 12.6. The summed E-state index contributed by atoms with van der Waals surface area (Å²) in [6.07, 6.45) is 3.33. The molecule has 0 bridgehead atoms. The summed E-state index contributed by atoms with van der Waals surface area (Å²) in [6, 6.07) is 10.0. The number of benzene rings is 1. The van der Waals surface area contributed by atoms with Gasteiger partial charge in [-0.2, -0.15) is 5.26 Å². The number of anilines is 1. The molecule has 1 fully saturated rings. The minimum Gasteiger partial charge on any atom is -0.314 e. The van der Waals surface area contributed by atoms with Crippen molar-refractivity contribution in [3.63, 3.8) is 0 Å². The van der Waals surface area contributed by atoms with Gasteiger partial charge >= 0.3 is 0 Å². The van der Waals surface area contributed by atoms with Gasteiger partial charge in [0.15, 0.2) is 0 Å². The molecule has 18 heavy (non-hydrogen) atoms. The Labute approximate surface area is 108 Å². The van der Waals surface area contributed by atoms with Crippen molar-refractivity contribution in [2.75, 3.05) is 11.9 Å². The number of aryl methyl sites for hydroxylation is 1. The van der Waals surface area contributed by atoms with Crippen molar-refractivity contribution in [3.05, 3.63) is 29.8 Å². The predicted octanol–water partition coefficient (Wildman–Crippen LogP) is 3.04. The lowest BCUT2D eigenvalue weighted by molar-refractivity contribution is -0.124. The van der Waals surface area contributed by atoms with Gasteiger partial charge in [0.05, 0.1) is 6.07 Å². The molecule has 0 aliphatic heterocycles. The van der Waals surface area contributed by atoms with Gasteiger partial charge in [0.2, 0.25) is 5.91 Å². The smallest absolute Gasteiger partial charge is 0.247 e. The molecule has 2 rings (SSSR count). The zero-order valence-corrected chi connectivity index (χ0v) is 10.9. The molecule has 0 heterocycles. The van der Waals surface area contributed by atoms with Crippen molar-refractivity contribution in [2.45, 2.75) is 32.6 Å². The molecular formula is C15H18N2O. The fourth-order valence-electron chi connectivity index (χ4n) is 2.72. The maximum Gasteiger partial charge on any atom is 0.247 e. The summed E-state index contributed by atoms with van der Waals surface area (Å²) in [6.45, 7) is 1.98. The molecule has 1 aliphatic carbocycles. The van der Waals surface area contributed by atoms with Crippen LogP contribution in [0.3, 0.4) is 0 Å². The number of amides is 1. The molecule has 0 unspecified atom stereocenters. The van der Waals surface area contributed by atoms with E-state index in [1.165, 1.54) is 0 Å². The van der Waals surface area contributed by atoms with E-state index in [1.807, 2.05) is 31.2 Å². The lowest BCUT2D eigenvalue weighted by Crippen LogP contribution is -2.40. The summed E-state index contributed by atoms with van der Waals surface area (Å²) in [5, 5.41) is 9.35. The SMILES string of the molecule is Cc1ccccc1N(C)C(=O)C1(C#N)CCCC1. The zero-order valence-electron chi connectivity index (χ0n) is 10.9. The molecule has 0 radical (unpaired) electrons. The van der Waals surface area contributed by atoms with E-state index in [4.69, 9.17) is 0 Å². The molecular weight excluding hydrogens is 224 g/mol. The number of para-hydroxylation sites is 1. The first-order chi connectivity index (χ1) is 8.60. The third-order valence-corrected chi connectivity index (χ3v) is 3.86. The van der Waals surface area contributed by atoms with Crippen LogP contribution in [0.1, 0.15) is 31.2 Å². The van der Waals surface area contributed by atoms with Crippen molar-refractivity contribution >= 4 is 11.6 Å². The van der Waals surface area contributed by atoms with Crippen LogP contribution in [-0.2, 0) is 4.79 Å². The van der Waals surface area contributed by atoms with Crippen LogP contribution in [0.4, 0.5) is 5.69 Å². The van der Waals surface area contributed by atoms with Crippen LogP contribution < -0.4 is 4.90 Å². The highest BCUT2D eigenvalue weighted by Crippen LogP contribution is 2.40. The zero-order chi connectivity index (χ0) is 13.2. The van der Waals surface area contributed by atoms with Gasteiger partial charge in [-0.25, -0.2) is 0 Å². The van der Waals surface area contributed by atoms with Crippen molar-refractivity contribution in [1.29, 1.82) is 5.26 Å². The molecule has 1 aromatic carbocycles. The molecule has 94 valence electrons. The Balaban J connectivity index is 2.30. The minimum atomic E-state index is -0.795. The Hall–Kier alpha value is -1.82. The standard InChI is InChI=1S/C15H18N2O/c1-12-7-3-4-8-13(12)17(2)14(18)15(11-16)9-5-6-10-15/h3-4,7-8H,5-6,9-10H2,1-2H3. The largest absolute Gasteiger partial charge is 0.314 e. The first kappa shape index (κ1) is 12.6. The molecule has 0 atom stereocenters. The summed E-state index contributed by atoms with van der Waals surface area (Å²) in [7, 11) is 1.77. The van der Waals surface area contributed by atoms with E-state index >= 15 is 0 Å². The Morgan fingerprint density at radius 2 is 1.94 bits per heavy atom. The summed E-state index contributed by atoms with van der Waals surface area (Å²) in [4.78, 5) is 14.2. The third kappa shape index (κ3) is 1.99. The van der Waals surface area contributed by atoms with Crippen LogP contribution >= 0.6 is 0 Å². The van der Waals surface area contributed by atoms with Crippen molar-refractivity contribution in [1.82, 2.24) is 0 Å². The molecule has 3 heteroatoms. The van der Waals surface area contributed by atoms with Crippen LogP contribution in [0.15, 0.2) is 24.3 Å². The van der Waals surface area contributed by atoms with Crippen LogP contribution in [0.5, 0.6) is 0 Å². The van der Waals surface area contributed by atoms with Gasteiger partial charge in [-0.1, -0.05) is 31.0 Å². The van der Waals surface area contributed by atoms with E-state index in [2.05, 4.69) is 6.07 Å². The van der Waals surface area contributed by atoms with E-state index in [0.717, 1.165) is 24.1 Å². The van der Waals surface area contributed by atoms with Gasteiger partial charge in [-0.15, -0.1) is 0 Å². The summed E-state index contributed by atoms with van der Waals surface area (Å²) in [5.41, 5.74) is 1.15. The Morgan fingerprint density at radius 1 is 1.33 bits per heavy atom. The number of nitrogens with zero attached hydrogens (tertiary/aromatic N) is 2. The number of carbonyl (C=O) groups is 1. The fourth-order valence-corrected chi connectivity index (χ4v) is 2.72. The van der Waals surface area contributed by atoms with E-state index < -0.39 is 5.41 Å². The Morgan fingerprint density at radius 3 is 2.50 bits per heavy atom. The first-order valence-electron chi connectivity index (χ1n) is 6.36. The van der Waals surface area contributed by atoms with Gasteiger partial charge in [-0.3, -0.25) is 4.79 Å². The number of hydrogen-bond donors (Lipinski definition) is 0. The predicted molar refractivity (Wildman–Crippen MR) is 71.1 cm³/mol. The molecule has 1 saturated carbocycles. The van der Waals surface area contributed by atoms with Crippen LogP contribution in [-0.4, -0.2) is 13.0 Å². The Bertz CT molecular complexity index is 495. The van der Waals surface area contributed by atoms with Crippen molar-refractivity contribution in [3.8, 4) is 6.07 Å². The molecule has 0 saturated heterocycles. The van der Waals surface area contributed by atoms with E-state index in [0.29, 0.717) is 12.8 Å². The molecule has 0 spiro atoms. The Kier molecular flexibility index (Phi) is 3.38. The average Bonchev–Trinajstić information content (AvgIpc) is 2.87. The maximum absolute atomic E-state index is 12.6. The molecule has 1 amide bonds. The second-order valence-corrected chi connectivity index (χ2v) is 5.05. The topological polar surface area (TPSA) is 44.1 Å². The molecule has 0 aromatic heterocycles. The summed E-state index contributed by atoms with van der Waals surface area (Å²) < 4.78 is 0. The van der Waals surface area contributed by atoms with Gasteiger partial charge in [-0.05, 0) is 31.4 Å². The number of nitriles is 1. The van der Waals surface area contributed by atoms with Gasteiger partial charge in [0, 0.05) is 12.7 Å². The van der Waals surface area contributed by atoms with Crippen LogP contribution in [0.25, 0.3) is 0 Å². The van der Waals surface area contributed by atoms with Crippen molar-refractivity contribution in [2.24, 2.45) is 5.41 Å². The normalized spacial score (nSPS) is 17.2. The second kappa shape index (κ2) is 4.81. The van der Waals surface area contributed by atoms with Crippen LogP contribution in [0.2, 0.25) is 0 Å². The average molecular weight is 242 g/mol. The summed E-state index contributed by atoms with van der Waals surface area (Å²) >= 11 is 0. The van der Waals surface area contributed by atoms with Crippen molar-refractivity contribution < 1.29 is 4.79 Å². The second-order valence-electron chi connectivity index (χ2n) is 5.05. The number of carbonyl (C=O) groups excluding carboxylic acids is 1. The van der Waals surface area contributed by atoms with Gasteiger partial charge < -0.3 is 4.90 Å². The van der Waals surface area contributed by atoms with Crippen LogP contribution in [0, 0.1) is 23.7 Å². The quantitative estimate of drug-likeness (QED) is 0.800. The lowest BCUT2D eigenvalue weighted by atomic mass is 9.86. The van der Waals surface area contributed by atoms with E-state index in [-0.39, 0.29) is 5.91 Å². The molecule has 1 aromatic rings. The van der Waals surface area contributed by atoms with Gasteiger partial charge in [0.1, 0.15) is 5.41 Å². The fraction of sp³-hybridized carbons (Fsp3) is 0.467. The molecule has 3 nitrogen and oxygen atoms in total. The van der Waals surface area contributed by atoms with E-state index in [9.17, 15) is 10.1 Å². The molecule has 1 aliphatic rings. The first-order valence-corrected chi connectivity index (χ1v) is 6.36. The lowest BCUT2D eigenvalue weighted by Gasteiger charge is -2.27. The number of hydrogen-bond acceptors (Lipinski definition) is 2. The summed E-state index contributed by atoms with van der Waals surface area (Å²) in [5.74, 6) is -0.0585. The van der Waals surface area contributed by atoms with E-state index in [1.54, 1.807) is 11.9 Å². The number of rotatable bonds is 2. The highest BCUT2D eigenvalue weighted by Gasteiger charge is 2.43. The third-order valence-electron chi connectivity index (χ3n) is 3.86. The highest BCUT2D eigenvalue weighted by molar-refractivity contribution is 5.99. The monoisotopic (exact) mass is 242 g/mol. The highest BCUT2D eigenvalue weighted by atomic mass is 16.2.